The first-order valence-electron chi connectivity index (χ1n) is 9.50. The number of fused-ring (bicyclic) bond motifs is 1. The number of anilines is 4. The van der Waals surface area contributed by atoms with Crippen LogP contribution < -0.4 is 10.6 Å². The zero-order valence-electron chi connectivity index (χ0n) is 16.9. The van der Waals surface area contributed by atoms with E-state index in [4.69, 9.17) is 4.42 Å². The lowest BCUT2D eigenvalue weighted by Crippen LogP contribution is -2.01. The number of hydrogen-bond donors (Lipinski definition) is 3. The van der Waals surface area contributed by atoms with E-state index in [0.29, 0.717) is 17.7 Å². The molecule has 5 aromatic rings. The van der Waals surface area contributed by atoms with Crippen LogP contribution in [-0.2, 0) is 0 Å². The summed E-state index contributed by atoms with van der Waals surface area (Å²) in [7, 11) is 0. The van der Waals surface area contributed by atoms with E-state index in [0.717, 1.165) is 39.4 Å². The van der Waals surface area contributed by atoms with Crippen molar-refractivity contribution in [2.45, 2.75) is 13.8 Å². The number of hydrogen-bond acceptors (Lipinski definition) is 7. The predicted molar refractivity (Wildman–Crippen MR) is 123 cm³/mol. The van der Waals surface area contributed by atoms with Crippen LogP contribution in [0.3, 0.4) is 0 Å². The molecule has 0 fully saturated rings. The molecular weight excluding hydrogens is 414 g/mol. The summed E-state index contributed by atoms with van der Waals surface area (Å²) in [4.78, 5) is 13.4. The maximum absolute atomic E-state index is 5.87. The summed E-state index contributed by atoms with van der Waals surface area (Å²) in [6, 6.07) is 17.3. The minimum Gasteiger partial charge on any atom is -0.436 e. The molecule has 0 aliphatic carbocycles. The molecule has 2 aromatic carbocycles. The molecule has 0 aliphatic rings. The molecule has 3 heterocycles. The van der Waals surface area contributed by atoms with Crippen molar-refractivity contribution in [1.29, 1.82) is 0 Å². The van der Waals surface area contributed by atoms with Crippen LogP contribution in [0.25, 0.3) is 22.6 Å². The fourth-order valence-corrected chi connectivity index (χ4v) is 3.08. The molecule has 0 saturated heterocycles. The zero-order chi connectivity index (χ0) is 20.5. The Morgan fingerprint density at radius 1 is 0.935 bits per heavy atom. The number of aromatic amines is 1. The molecule has 0 radical (unpaired) electrons. The fourth-order valence-electron chi connectivity index (χ4n) is 3.08. The summed E-state index contributed by atoms with van der Waals surface area (Å²) >= 11 is 0. The smallest absolute Gasteiger partial charge is 0.229 e. The molecule has 0 spiro atoms. The van der Waals surface area contributed by atoms with Gasteiger partial charge in [0.1, 0.15) is 17.2 Å². The van der Waals surface area contributed by atoms with Crippen molar-refractivity contribution >= 4 is 46.8 Å². The van der Waals surface area contributed by atoms with Crippen LogP contribution in [0.2, 0.25) is 0 Å². The standard InChI is InChI=1S/C22H19N7O.ClH/c1-13-14(2)28-29-20(13)26-19-10-11-23-22(27-19)24-16-7-5-6-15(12-16)21-25-17-8-3-4-9-18(17)30-21;/h3-12H,1-2H3,(H3,23,24,26,27,28,29);1H. The van der Waals surface area contributed by atoms with Gasteiger partial charge in [0.05, 0.1) is 5.69 Å². The van der Waals surface area contributed by atoms with Gasteiger partial charge in [0, 0.05) is 23.0 Å². The molecule has 0 unspecified atom stereocenters. The van der Waals surface area contributed by atoms with E-state index in [1.54, 1.807) is 12.3 Å². The Kier molecular flexibility index (Phi) is 5.55. The lowest BCUT2D eigenvalue weighted by molar-refractivity contribution is 0.620. The van der Waals surface area contributed by atoms with Crippen LogP contribution in [0.4, 0.5) is 23.3 Å². The molecule has 31 heavy (non-hydrogen) atoms. The number of rotatable bonds is 5. The third kappa shape index (κ3) is 4.19. The number of benzene rings is 2. The van der Waals surface area contributed by atoms with E-state index in [1.165, 1.54) is 0 Å². The van der Waals surface area contributed by atoms with Gasteiger partial charge in [0.15, 0.2) is 5.58 Å². The molecule has 8 nitrogen and oxygen atoms in total. The molecule has 3 aromatic heterocycles. The summed E-state index contributed by atoms with van der Waals surface area (Å²) in [6.45, 7) is 3.95. The van der Waals surface area contributed by atoms with Crippen LogP contribution in [0.1, 0.15) is 11.3 Å². The largest absolute Gasteiger partial charge is 0.436 e. The van der Waals surface area contributed by atoms with Gasteiger partial charge in [0.2, 0.25) is 11.8 Å². The molecule has 9 heteroatoms. The third-order valence-corrected chi connectivity index (χ3v) is 4.82. The summed E-state index contributed by atoms with van der Waals surface area (Å²) in [5, 5.41) is 13.6. The van der Waals surface area contributed by atoms with Gasteiger partial charge in [-0.25, -0.2) is 9.97 Å². The maximum Gasteiger partial charge on any atom is 0.229 e. The van der Waals surface area contributed by atoms with Crippen molar-refractivity contribution in [2.24, 2.45) is 0 Å². The first-order valence-corrected chi connectivity index (χ1v) is 9.50. The van der Waals surface area contributed by atoms with Gasteiger partial charge in [-0.1, -0.05) is 18.2 Å². The van der Waals surface area contributed by atoms with Gasteiger partial charge in [-0.3, -0.25) is 5.10 Å². The van der Waals surface area contributed by atoms with Gasteiger partial charge in [-0.05, 0) is 50.2 Å². The van der Waals surface area contributed by atoms with Gasteiger partial charge < -0.3 is 15.1 Å². The highest BCUT2D eigenvalue weighted by Crippen LogP contribution is 2.27. The van der Waals surface area contributed by atoms with E-state index in [1.807, 2.05) is 62.4 Å². The fraction of sp³-hybridized carbons (Fsp3) is 0.0909. The van der Waals surface area contributed by atoms with E-state index < -0.39 is 0 Å². The molecule has 0 atom stereocenters. The molecule has 5 rings (SSSR count). The van der Waals surface area contributed by atoms with Crippen LogP contribution in [-0.4, -0.2) is 25.1 Å². The topological polar surface area (TPSA) is 105 Å². The van der Waals surface area contributed by atoms with Crippen LogP contribution >= 0.6 is 12.4 Å². The van der Waals surface area contributed by atoms with E-state index in [2.05, 4.69) is 35.8 Å². The van der Waals surface area contributed by atoms with Crippen molar-refractivity contribution in [1.82, 2.24) is 25.1 Å². The molecule has 3 N–H and O–H groups in total. The van der Waals surface area contributed by atoms with Crippen molar-refractivity contribution in [3.63, 3.8) is 0 Å². The lowest BCUT2D eigenvalue weighted by Gasteiger charge is -2.08. The minimum absolute atomic E-state index is 0. The number of nitrogens with one attached hydrogen (secondary N) is 3. The second-order valence-electron chi connectivity index (χ2n) is 6.89. The van der Waals surface area contributed by atoms with E-state index in [9.17, 15) is 0 Å². The maximum atomic E-state index is 5.87. The Hall–Kier alpha value is -3.91. The number of nitrogens with zero attached hydrogens (tertiary/aromatic N) is 4. The predicted octanol–water partition coefficient (Wildman–Crippen LogP) is 5.53. The Balaban J connectivity index is 0.00000231. The Morgan fingerprint density at radius 2 is 1.81 bits per heavy atom. The highest BCUT2D eigenvalue weighted by atomic mass is 35.5. The minimum atomic E-state index is 0. The molecular formula is C22H20ClN7O. The van der Waals surface area contributed by atoms with Crippen molar-refractivity contribution < 1.29 is 4.42 Å². The average Bonchev–Trinajstić information content (AvgIpc) is 3.33. The van der Waals surface area contributed by atoms with E-state index in [-0.39, 0.29) is 12.4 Å². The van der Waals surface area contributed by atoms with E-state index >= 15 is 0 Å². The quantitative estimate of drug-likeness (QED) is 0.334. The Labute approximate surface area is 184 Å². The van der Waals surface area contributed by atoms with Crippen LogP contribution in [0, 0.1) is 13.8 Å². The molecule has 156 valence electrons. The molecule has 0 bridgehead atoms. The average molecular weight is 434 g/mol. The number of aryl methyl sites for hydroxylation is 1. The molecule has 0 amide bonds. The SMILES string of the molecule is Cc1n[nH]c(Nc2ccnc(Nc3cccc(-c4nc5ccccc5o4)c3)n2)c1C.Cl. The van der Waals surface area contributed by atoms with Gasteiger partial charge >= 0.3 is 0 Å². The van der Waals surface area contributed by atoms with Crippen LogP contribution in [0.5, 0.6) is 0 Å². The van der Waals surface area contributed by atoms with Crippen LogP contribution in [0.15, 0.2) is 65.2 Å². The summed E-state index contributed by atoms with van der Waals surface area (Å²) in [6.07, 6.45) is 1.70. The highest BCUT2D eigenvalue weighted by Gasteiger charge is 2.10. The number of aromatic nitrogens is 5. The summed E-state index contributed by atoms with van der Waals surface area (Å²) in [5.41, 5.74) is 5.29. The van der Waals surface area contributed by atoms with Gasteiger partial charge in [0.25, 0.3) is 0 Å². The van der Waals surface area contributed by atoms with Crippen molar-refractivity contribution in [3.8, 4) is 11.5 Å². The first kappa shape index (κ1) is 20.4. The lowest BCUT2D eigenvalue weighted by atomic mass is 10.2. The van der Waals surface area contributed by atoms with Crippen molar-refractivity contribution in [2.75, 3.05) is 10.6 Å². The number of H-pyrrole nitrogens is 1. The van der Waals surface area contributed by atoms with Crippen molar-refractivity contribution in [3.05, 3.63) is 72.1 Å². The first-order chi connectivity index (χ1) is 14.7. The van der Waals surface area contributed by atoms with Gasteiger partial charge in [-0.15, -0.1) is 12.4 Å². The highest BCUT2D eigenvalue weighted by molar-refractivity contribution is 5.85. The molecule has 0 saturated carbocycles. The normalized spacial score (nSPS) is 10.6. The molecule has 0 aliphatic heterocycles. The summed E-state index contributed by atoms with van der Waals surface area (Å²) < 4.78 is 5.87. The summed E-state index contributed by atoms with van der Waals surface area (Å²) in [5.74, 6) is 2.52. The van der Waals surface area contributed by atoms with Gasteiger partial charge in [-0.2, -0.15) is 10.1 Å². The second kappa shape index (κ2) is 8.45. The third-order valence-electron chi connectivity index (χ3n) is 4.82. The zero-order valence-corrected chi connectivity index (χ0v) is 17.7. The monoisotopic (exact) mass is 433 g/mol. The second-order valence-corrected chi connectivity index (χ2v) is 6.89. The number of para-hydroxylation sites is 2. The Morgan fingerprint density at radius 3 is 2.61 bits per heavy atom. The Bertz CT molecular complexity index is 1310. The number of halogens is 1. The number of oxazole rings is 1.